The van der Waals surface area contributed by atoms with Crippen molar-refractivity contribution in [1.29, 1.82) is 0 Å². The van der Waals surface area contributed by atoms with Crippen molar-refractivity contribution in [2.75, 3.05) is 18.9 Å². The van der Waals surface area contributed by atoms with Gasteiger partial charge in [0, 0.05) is 6.61 Å². The van der Waals surface area contributed by atoms with Gasteiger partial charge in [-0.05, 0) is 27.7 Å². The zero-order chi connectivity index (χ0) is 13.7. The van der Waals surface area contributed by atoms with Crippen LogP contribution >= 0.6 is 0 Å². The fourth-order valence-electron chi connectivity index (χ4n) is 1.76. The summed E-state index contributed by atoms with van der Waals surface area (Å²) in [4.78, 5) is 15.8. The van der Waals surface area contributed by atoms with Crippen LogP contribution in [0.1, 0.15) is 37.1 Å². The van der Waals surface area contributed by atoms with Gasteiger partial charge in [-0.3, -0.25) is 0 Å². The molecule has 1 aromatic rings. The van der Waals surface area contributed by atoms with Crippen molar-refractivity contribution < 1.29 is 14.3 Å². The molecule has 6 heteroatoms. The summed E-state index contributed by atoms with van der Waals surface area (Å²) in [6.45, 7) is 8.95. The molecule has 0 fully saturated rings. The molecule has 1 rings (SSSR count). The van der Waals surface area contributed by atoms with Crippen LogP contribution in [0.15, 0.2) is 0 Å². The highest BCUT2D eigenvalue weighted by molar-refractivity contribution is 5.92. The Bertz CT molecular complexity index is 415. The Balaban J connectivity index is 2.90. The number of imidazole rings is 1. The first-order chi connectivity index (χ1) is 8.51. The Hall–Kier alpha value is -1.56. The molecule has 0 aromatic carbocycles. The smallest absolute Gasteiger partial charge is 0.360 e. The van der Waals surface area contributed by atoms with Crippen molar-refractivity contribution in [2.45, 2.75) is 40.3 Å². The third kappa shape index (κ3) is 3.22. The number of nitrogen functional groups attached to an aromatic ring is 1. The van der Waals surface area contributed by atoms with E-state index in [-0.39, 0.29) is 11.8 Å². The maximum absolute atomic E-state index is 11.6. The Morgan fingerprint density at radius 1 is 1.44 bits per heavy atom. The molecule has 0 radical (unpaired) electrons. The minimum atomic E-state index is -0.485. The van der Waals surface area contributed by atoms with Crippen molar-refractivity contribution in [2.24, 2.45) is 0 Å². The van der Waals surface area contributed by atoms with Gasteiger partial charge in [0.2, 0.25) is 0 Å². The molecule has 1 unspecified atom stereocenters. The van der Waals surface area contributed by atoms with Crippen LogP contribution in [0.4, 0.5) is 5.82 Å². The van der Waals surface area contributed by atoms with Gasteiger partial charge in [0.25, 0.3) is 0 Å². The molecule has 0 aliphatic carbocycles. The van der Waals surface area contributed by atoms with Crippen LogP contribution in [0.3, 0.4) is 0 Å². The molecule has 0 aliphatic rings. The first kappa shape index (κ1) is 14.5. The van der Waals surface area contributed by atoms with Gasteiger partial charge in [-0.25, -0.2) is 9.78 Å². The summed E-state index contributed by atoms with van der Waals surface area (Å²) in [6.07, 6.45) is 0.0141. The van der Waals surface area contributed by atoms with E-state index in [9.17, 15) is 4.79 Å². The summed E-state index contributed by atoms with van der Waals surface area (Å²) in [6, 6.07) is 0. The van der Waals surface area contributed by atoms with Crippen LogP contribution in [0.25, 0.3) is 0 Å². The number of rotatable bonds is 6. The lowest BCUT2D eigenvalue weighted by Crippen LogP contribution is -2.19. The number of ether oxygens (including phenoxy) is 2. The summed E-state index contributed by atoms with van der Waals surface area (Å²) in [5.74, 6) is 0.528. The number of anilines is 1. The lowest BCUT2D eigenvalue weighted by Gasteiger charge is -2.14. The summed E-state index contributed by atoms with van der Waals surface area (Å²) >= 11 is 0. The molecule has 0 spiro atoms. The molecule has 0 aliphatic heterocycles. The molecule has 6 nitrogen and oxygen atoms in total. The Morgan fingerprint density at radius 2 is 2.11 bits per heavy atom. The third-order valence-electron chi connectivity index (χ3n) is 2.56. The maximum atomic E-state index is 11.6. The molecule has 1 heterocycles. The number of carbonyl (C=O) groups excluding carboxylic acids is 1. The molecule has 102 valence electrons. The topological polar surface area (TPSA) is 79.4 Å². The van der Waals surface area contributed by atoms with Gasteiger partial charge in [-0.1, -0.05) is 0 Å². The molecule has 1 atom stereocenters. The van der Waals surface area contributed by atoms with Gasteiger partial charge in [0.1, 0.15) is 11.6 Å². The number of nitrogens with zero attached hydrogens (tertiary/aromatic N) is 2. The Kier molecular flexibility index (Phi) is 5.15. The first-order valence-corrected chi connectivity index (χ1v) is 6.12. The van der Waals surface area contributed by atoms with Crippen molar-refractivity contribution in [3.63, 3.8) is 0 Å². The van der Waals surface area contributed by atoms with E-state index in [1.54, 1.807) is 18.4 Å². The van der Waals surface area contributed by atoms with Gasteiger partial charge in [-0.15, -0.1) is 0 Å². The number of hydrogen-bond donors (Lipinski definition) is 1. The van der Waals surface area contributed by atoms with E-state index < -0.39 is 5.97 Å². The second kappa shape index (κ2) is 6.39. The molecule has 0 bridgehead atoms. The quantitative estimate of drug-likeness (QED) is 0.777. The van der Waals surface area contributed by atoms with Gasteiger partial charge in [0.05, 0.1) is 19.3 Å². The molecular formula is C12H21N3O3. The van der Waals surface area contributed by atoms with Gasteiger partial charge >= 0.3 is 5.97 Å². The standard InChI is InChI=1S/C12H21N3O3/c1-5-17-8(3)7-15-9(4)14-10(11(15)13)12(16)18-6-2/h8H,5-7,13H2,1-4H3. The van der Waals surface area contributed by atoms with E-state index in [2.05, 4.69) is 4.98 Å². The fourth-order valence-corrected chi connectivity index (χ4v) is 1.76. The van der Waals surface area contributed by atoms with E-state index >= 15 is 0 Å². The SMILES string of the molecule is CCOC(=O)c1nc(C)n(CC(C)OCC)c1N. The van der Waals surface area contributed by atoms with E-state index in [4.69, 9.17) is 15.2 Å². The summed E-state index contributed by atoms with van der Waals surface area (Å²) < 4.78 is 12.1. The van der Waals surface area contributed by atoms with E-state index in [1.165, 1.54) is 0 Å². The number of nitrogens with two attached hydrogens (primary N) is 1. The van der Waals surface area contributed by atoms with E-state index in [0.29, 0.717) is 31.4 Å². The van der Waals surface area contributed by atoms with Crippen molar-refractivity contribution >= 4 is 11.8 Å². The average molecular weight is 255 g/mol. The predicted octanol–water partition coefficient (Wildman–Crippen LogP) is 1.38. The van der Waals surface area contributed by atoms with Crippen LogP contribution in [0.5, 0.6) is 0 Å². The minimum Gasteiger partial charge on any atom is -0.461 e. The Labute approximate surface area is 107 Å². The molecule has 1 aromatic heterocycles. The van der Waals surface area contributed by atoms with Crippen molar-refractivity contribution in [3.05, 3.63) is 11.5 Å². The summed E-state index contributed by atoms with van der Waals surface area (Å²) in [5.41, 5.74) is 6.10. The largest absolute Gasteiger partial charge is 0.461 e. The molecular weight excluding hydrogens is 234 g/mol. The van der Waals surface area contributed by atoms with Crippen LogP contribution in [0, 0.1) is 6.92 Å². The molecule has 0 saturated heterocycles. The number of carbonyl (C=O) groups is 1. The van der Waals surface area contributed by atoms with Crippen LogP contribution in [0.2, 0.25) is 0 Å². The zero-order valence-corrected chi connectivity index (χ0v) is 11.4. The lowest BCUT2D eigenvalue weighted by molar-refractivity contribution is 0.0520. The summed E-state index contributed by atoms with van der Waals surface area (Å²) in [7, 11) is 0. The second-order valence-corrected chi connectivity index (χ2v) is 3.99. The highest BCUT2D eigenvalue weighted by Gasteiger charge is 2.20. The average Bonchev–Trinajstić information content (AvgIpc) is 2.58. The molecule has 18 heavy (non-hydrogen) atoms. The molecule has 0 amide bonds. The van der Waals surface area contributed by atoms with Crippen LogP contribution in [-0.4, -0.2) is 34.8 Å². The summed E-state index contributed by atoms with van der Waals surface area (Å²) in [5, 5.41) is 0. The van der Waals surface area contributed by atoms with Crippen LogP contribution in [-0.2, 0) is 16.0 Å². The predicted molar refractivity (Wildman–Crippen MR) is 68.4 cm³/mol. The highest BCUT2D eigenvalue weighted by atomic mass is 16.5. The van der Waals surface area contributed by atoms with E-state index in [1.807, 2.05) is 13.8 Å². The number of aryl methyl sites for hydroxylation is 1. The van der Waals surface area contributed by atoms with Gasteiger partial charge in [-0.2, -0.15) is 0 Å². The monoisotopic (exact) mass is 255 g/mol. The Morgan fingerprint density at radius 3 is 2.67 bits per heavy atom. The van der Waals surface area contributed by atoms with Crippen LogP contribution < -0.4 is 5.73 Å². The maximum Gasteiger partial charge on any atom is 0.360 e. The van der Waals surface area contributed by atoms with Gasteiger partial charge < -0.3 is 19.8 Å². The normalized spacial score (nSPS) is 12.4. The number of aromatic nitrogens is 2. The lowest BCUT2D eigenvalue weighted by atomic mass is 10.3. The minimum absolute atomic E-state index is 0.0141. The zero-order valence-electron chi connectivity index (χ0n) is 11.4. The highest BCUT2D eigenvalue weighted by Crippen LogP contribution is 2.16. The second-order valence-electron chi connectivity index (χ2n) is 3.99. The molecule has 2 N–H and O–H groups in total. The first-order valence-electron chi connectivity index (χ1n) is 6.12. The number of esters is 1. The van der Waals surface area contributed by atoms with Crippen molar-refractivity contribution in [3.8, 4) is 0 Å². The van der Waals surface area contributed by atoms with Crippen molar-refractivity contribution in [1.82, 2.24) is 9.55 Å². The number of hydrogen-bond acceptors (Lipinski definition) is 5. The third-order valence-corrected chi connectivity index (χ3v) is 2.56. The molecule has 0 saturated carbocycles. The fraction of sp³-hybridized carbons (Fsp3) is 0.667. The van der Waals surface area contributed by atoms with Gasteiger partial charge in [0.15, 0.2) is 5.69 Å². The van der Waals surface area contributed by atoms with E-state index in [0.717, 1.165) is 0 Å².